The van der Waals surface area contributed by atoms with Crippen LogP contribution in [0.15, 0.2) is 18.2 Å². The van der Waals surface area contributed by atoms with Crippen molar-refractivity contribution in [2.75, 3.05) is 52.6 Å². The zero-order chi connectivity index (χ0) is 17.2. The van der Waals surface area contributed by atoms with E-state index in [2.05, 4.69) is 5.32 Å². The van der Waals surface area contributed by atoms with Crippen molar-refractivity contribution in [1.82, 2.24) is 5.32 Å². The van der Waals surface area contributed by atoms with Crippen molar-refractivity contribution in [2.45, 2.75) is 20.3 Å². The fourth-order valence-electron chi connectivity index (χ4n) is 2.76. The highest BCUT2D eigenvalue weighted by atomic mass is 16.5. The molecule has 1 fully saturated rings. The lowest BCUT2D eigenvalue weighted by molar-refractivity contribution is -0.908. The van der Waals surface area contributed by atoms with Gasteiger partial charge in [0.25, 0.3) is 5.91 Å². The number of benzene rings is 1. The highest BCUT2D eigenvalue weighted by Gasteiger charge is 2.14. The van der Waals surface area contributed by atoms with Gasteiger partial charge in [0, 0.05) is 24.6 Å². The summed E-state index contributed by atoms with van der Waals surface area (Å²) in [6, 6.07) is 5.33. The molecule has 6 nitrogen and oxygen atoms in total. The molecular weight excluding hydrogens is 308 g/mol. The zero-order valence-electron chi connectivity index (χ0n) is 14.7. The third-order valence-electron chi connectivity index (χ3n) is 3.96. The molecule has 1 aliphatic rings. The minimum absolute atomic E-state index is 0.0884. The molecule has 0 saturated carbocycles. The molecule has 0 aromatic heterocycles. The van der Waals surface area contributed by atoms with Gasteiger partial charge in [-0.2, -0.15) is 0 Å². The number of morpholine rings is 1. The number of quaternary nitrogens is 1. The molecule has 0 atom stereocenters. The van der Waals surface area contributed by atoms with Crippen LogP contribution in [0.25, 0.3) is 0 Å². The maximum Gasteiger partial charge on any atom is 0.251 e. The molecule has 1 aromatic carbocycles. The molecule has 1 aliphatic heterocycles. The van der Waals surface area contributed by atoms with E-state index in [1.165, 1.54) is 0 Å². The van der Waals surface area contributed by atoms with Crippen LogP contribution in [0.5, 0.6) is 11.5 Å². The molecule has 0 unspecified atom stereocenters. The normalized spacial score (nSPS) is 15.1. The largest absolute Gasteiger partial charge is 0.494 e. The number of carbonyl (C=O) groups excluding carboxylic acids is 1. The predicted molar refractivity (Wildman–Crippen MR) is 92.1 cm³/mol. The van der Waals surface area contributed by atoms with Gasteiger partial charge in [0.15, 0.2) is 0 Å². The summed E-state index contributed by atoms with van der Waals surface area (Å²) in [6.07, 6.45) is 0.963. The number of nitrogens with one attached hydrogen (secondary N) is 2. The van der Waals surface area contributed by atoms with Crippen LogP contribution < -0.4 is 19.7 Å². The summed E-state index contributed by atoms with van der Waals surface area (Å²) in [6.45, 7) is 10.5. The summed E-state index contributed by atoms with van der Waals surface area (Å²) < 4.78 is 16.4. The molecule has 0 bridgehead atoms. The van der Waals surface area contributed by atoms with E-state index in [9.17, 15) is 4.79 Å². The second kappa shape index (κ2) is 10.2. The highest BCUT2D eigenvalue weighted by Crippen LogP contribution is 2.23. The van der Waals surface area contributed by atoms with Crippen molar-refractivity contribution in [1.29, 1.82) is 0 Å². The molecule has 0 radical (unpaired) electrons. The maximum absolute atomic E-state index is 12.4. The summed E-state index contributed by atoms with van der Waals surface area (Å²) in [5.41, 5.74) is 0.572. The fourth-order valence-corrected chi connectivity index (χ4v) is 2.76. The average Bonchev–Trinajstić information content (AvgIpc) is 2.60. The first kappa shape index (κ1) is 18.5. The lowest BCUT2D eigenvalue weighted by Gasteiger charge is -2.23. The van der Waals surface area contributed by atoms with Gasteiger partial charge in [-0.1, -0.05) is 0 Å². The number of ether oxygens (including phenoxy) is 3. The lowest BCUT2D eigenvalue weighted by Crippen LogP contribution is -3.14. The molecule has 2 N–H and O–H groups in total. The quantitative estimate of drug-likeness (QED) is 0.645. The van der Waals surface area contributed by atoms with Crippen LogP contribution in [0, 0.1) is 0 Å². The lowest BCUT2D eigenvalue weighted by atomic mass is 10.2. The van der Waals surface area contributed by atoms with Gasteiger partial charge >= 0.3 is 0 Å². The summed E-state index contributed by atoms with van der Waals surface area (Å²) >= 11 is 0. The molecule has 1 saturated heterocycles. The Morgan fingerprint density at radius 1 is 1.12 bits per heavy atom. The van der Waals surface area contributed by atoms with Gasteiger partial charge in [-0.15, -0.1) is 0 Å². The summed E-state index contributed by atoms with van der Waals surface area (Å²) in [5, 5.41) is 2.98. The van der Waals surface area contributed by atoms with Gasteiger partial charge in [-0.25, -0.2) is 0 Å². The third kappa shape index (κ3) is 6.02. The molecule has 6 heteroatoms. The fraction of sp³-hybridized carbons (Fsp3) is 0.611. The van der Waals surface area contributed by atoms with E-state index in [-0.39, 0.29) is 5.91 Å². The molecule has 0 spiro atoms. The van der Waals surface area contributed by atoms with E-state index >= 15 is 0 Å². The van der Waals surface area contributed by atoms with E-state index in [0.29, 0.717) is 36.8 Å². The molecule has 1 aromatic rings. The Morgan fingerprint density at radius 3 is 2.33 bits per heavy atom. The number of amides is 1. The number of rotatable bonds is 9. The standard InChI is InChI=1S/C18H28N2O4/c1-3-23-16-12-15(13-17(14-16)24-4-2)18(21)19-6-5-7-20-8-10-22-11-9-20/h12-14H,3-11H2,1-2H3,(H,19,21)/p+1. The molecule has 0 aliphatic carbocycles. The molecule has 1 heterocycles. The van der Waals surface area contributed by atoms with Crippen LogP contribution in [0.4, 0.5) is 0 Å². The Balaban J connectivity index is 1.83. The van der Waals surface area contributed by atoms with Gasteiger partial charge < -0.3 is 24.4 Å². The summed E-state index contributed by atoms with van der Waals surface area (Å²) in [5.74, 6) is 1.23. The van der Waals surface area contributed by atoms with Crippen molar-refractivity contribution in [2.24, 2.45) is 0 Å². The first-order valence-electron chi connectivity index (χ1n) is 8.83. The van der Waals surface area contributed by atoms with Crippen LogP contribution >= 0.6 is 0 Å². The average molecular weight is 337 g/mol. The second-order valence-electron chi connectivity index (χ2n) is 5.78. The minimum Gasteiger partial charge on any atom is -0.494 e. The Labute approximate surface area is 144 Å². The first-order valence-corrected chi connectivity index (χ1v) is 8.83. The van der Waals surface area contributed by atoms with E-state index in [1.54, 1.807) is 17.0 Å². The molecule has 1 amide bonds. The Hall–Kier alpha value is -1.79. The van der Waals surface area contributed by atoms with Crippen molar-refractivity contribution in [3.63, 3.8) is 0 Å². The first-order chi connectivity index (χ1) is 11.7. The summed E-state index contributed by atoms with van der Waals surface area (Å²) in [7, 11) is 0. The smallest absolute Gasteiger partial charge is 0.251 e. The highest BCUT2D eigenvalue weighted by molar-refractivity contribution is 5.95. The van der Waals surface area contributed by atoms with E-state index in [4.69, 9.17) is 14.2 Å². The third-order valence-corrected chi connectivity index (χ3v) is 3.96. The van der Waals surface area contributed by atoms with E-state index in [1.807, 2.05) is 19.9 Å². The maximum atomic E-state index is 12.4. The van der Waals surface area contributed by atoms with Crippen LogP contribution in [0.2, 0.25) is 0 Å². The van der Waals surface area contributed by atoms with Crippen LogP contribution in [-0.4, -0.2) is 58.5 Å². The van der Waals surface area contributed by atoms with Crippen molar-refractivity contribution < 1.29 is 23.9 Å². The molecule has 24 heavy (non-hydrogen) atoms. The Kier molecular flexibility index (Phi) is 7.85. The Morgan fingerprint density at radius 2 is 1.75 bits per heavy atom. The number of hydrogen-bond donors (Lipinski definition) is 2. The zero-order valence-corrected chi connectivity index (χ0v) is 14.7. The minimum atomic E-state index is -0.0884. The van der Waals surface area contributed by atoms with Crippen molar-refractivity contribution >= 4 is 5.91 Å². The van der Waals surface area contributed by atoms with Crippen molar-refractivity contribution in [3.8, 4) is 11.5 Å². The monoisotopic (exact) mass is 337 g/mol. The predicted octanol–water partition coefficient (Wildman–Crippen LogP) is 0.519. The van der Waals surface area contributed by atoms with E-state index < -0.39 is 0 Å². The Bertz CT molecular complexity index is 491. The second-order valence-corrected chi connectivity index (χ2v) is 5.78. The molecule has 2 rings (SSSR count). The van der Waals surface area contributed by atoms with Gasteiger partial charge in [0.2, 0.25) is 0 Å². The van der Waals surface area contributed by atoms with E-state index in [0.717, 1.165) is 39.3 Å². The van der Waals surface area contributed by atoms with Gasteiger partial charge in [0.05, 0.1) is 33.0 Å². The van der Waals surface area contributed by atoms with Crippen LogP contribution in [0.1, 0.15) is 30.6 Å². The van der Waals surface area contributed by atoms with Crippen LogP contribution in [0.3, 0.4) is 0 Å². The van der Waals surface area contributed by atoms with Crippen LogP contribution in [-0.2, 0) is 4.74 Å². The number of hydrogen-bond acceptors (Lipinski definition) is 4. The van der Waals surface area contributed by atoms with Gasteiger partial charge in [0.1, 0.15) is 24.6 Å². The topological polar surface area (TPSA) is 61.2 Å². The molecule has 134 valence electrons. The summed E-state index contributed by atoms with van der Waals surface area (Å²) in [4.78, 5) is 13.9. The van der Waals surface area contributed by atoms with Gasteiger partial charge in [-0.3, -0.25) is 4.79 Å². The molecular formula is C18H29N2O4+. The SMILES string of the molecule is CCOc1cc(OCC)cc(C(=O)NCCC[NH+]2CCOCC2)c1. The van der Waals surface area contributed by atoms with Crippen molar-refractivity contribution in [3.05, 3.63) is 23.8 Å². The van der Waals surface area contributed by atoms with Gasteiger partial charge in [-0.05, 0) is 26.0 Å². The number of carbonyl (C=O) groups is 1.